The third kappa shape index (κ3) is 4.79. The van der Waals surface area contributed by atoms with E-state index in [4.69, 9.17) is 21.1 Å². The first-order chi connectivity index (χ1) is 14.8. The van der Waals surface area contributed by atoms with Crippen LogP contribution in [0.25, 0.3) is 0 Å². The average molecular weight is 466 g/mol. The van der Waals surface area contributed by atoms with Crippen molar-refractivity contribution < 1.29 is 22.7 Å². The van der Waals surface area contributed by atoms with Crippen LogP contribution in [0.2, 0.25) is 5.02 Å². The molecule has 1 saturated heterocycles. The topological polar surface area (TPSA) is 88.2 Å². The molecule has 0 radical (unpaired) electrons. The van der Waals surface area contributed by atoms with E-state index in [1.165, 1.54) is 22.5 Å². The van der Waals surface area contributed by atoms with Crippen LogP contribution in [0.4, 0.5) is 5.69 Å². The van der Waals surface area contributed by atoms with Crippen molar-refractivity contribution in [3.05, 3.63) is 47.0 Å². The van der Waals surface area contributed by atoms with Gasteiger partial charge in [0.15, 0.2) is 11.5 Å². The summed E-state index contributed by atoms with van der Waals surface area (Å²) in [6.07, 6.45) is 0.723. The highest BCUT2D eigenvalue weighted by Gasteiger charge is 2.27. The molecule has 31 heavy (non-hydrogen) atoms. The molecule has 2 aliphatic heterocycles. The lowest BCUT2D eigenvalue weighted by atomic mass is 10.1. The zero-order chi connectivity index (χ0) is 22.0. The SMILES string of the molecule is CN1CCN(S(=O)(=O)c2cccc(NC(=O)c3cc(Cl)c4c(c3)OCCCO4)c2)CC1. The highest BCUT2D eigenvalue weighted by Crippen LogP contribution is 2.38. The van der Waals surface area contributed by atoms with Gasteiger partial charge in [0, 0.05) is 43.9 Å². The number of carbonyl (C=O) groups excluding carboxylic acids is 1. The first-order valence-electron chi connectivity index (χ1n) is 10.0. The quantitative estimate of drug-likeness (QED) is 0.747. The lowest BCUT2D eigenvalue weighted by Crippen LogP contribution is -2.47. The third-order valence-electron chi connectivity index (χ3n) is 5.26. The molecule has 0 atom stereocenters. The van der Waals surface area contributed by atoms with Crippen molar-refractivity contribution in [1.29, 1.82) is 0 Å². The molecular weight excluding hydrogens is 442 g/mol. The number of hydrogen-bond acceptors (Lipinski definition) is 6. The Hall–Kier alpha value is -2.33. The summed E-state index contributed by atoms with van der Waals surface area (Å²) in [6, 6.07) is 9.34. The van der Waals surface area contributed by atoms with Gasteiger partial charge in [0.1, 0.15) is 0 Å². The number of rotatable bonds is 4. The second kappa shape index (κ2) is 9.04. The number of nitrogens with one attached hydrogen (secondary N) is 1. The molecule has 0 aliphatic carbocycles. The minimum Gasteiger partial charge on any atom is -0.489 e. The van der Waals surface area contributed by atoms with E-state index in [1.54, 1.807) is 18.2 Å². The number of carbonyl (C=O) groups is 1. The van der Waals surface area contributed by atoms with Crippen LogP contribution in [0.1, 0.15) is 16.8 Å². The fourth-order valence-electron chi connectivity index (χ4n) is 3.48. The summed E-state index contributed by atoms with van der Waals surface area (Å²) in [5.74, 6) is 0.421. The average Bonchev–Trinajstić information content (AvgIpc) is 3.00. The first kappa shape index (κ1) is 21.9. The van der Waals surface area contributed by atoms with E-state index in [1.807, 2.05) is 7.05 Å². The molecule has 0 saturated carbocycles. The van der Waals surface area contributed by atoms with Gasteiger partial charge in [-0.3, -0.25) is 4.79 Å². The van der Waals surface area contributed by atoms with Crippen molar-refractivity contribution in [2.75, 3.05) is 51.8 Å². The molecule has 1 N–H and O–H groups in total. The van der Waals surface area contributed by atoms with E-state index < -0.39 is 15.9 Å². The predicted molar refractivity (Wildman–Crippen MR) is 118 cm³/mol. The summed E-state index contributed by atoms with van der Waals surface area (Å²) < 4.78 is 38.7. The Balaban J connectivity index is 1.53. The van der Waals surface area contributed by atoms with Gasteiger partial charge in [-0.2, -0.15) is 4.31 Å². The summed E-state index contributed by atoms with van der Waals surface area (Å²) in [6.45, 7) is 3.20. The molecule has 1 amide bonds. The maximum atomic E-state index is 13.0. The number of anilines is 1. The zero-order valence-corrected chi connectivity index (χ0v) is 18.7. The van der Waals surface area contributed by atoms with Crippen LogP contribution in [0.15, 0.2) is 41.3 Å². The largest absolute Gasteiger partial charge is 0.489 e. The molecule has 0 aromatic heterocycles. The van der Waals surface area contributed by atoms with E-state index in [0.717, 1.165) is 6.42 Å². The van der Waals surface area contributed by atoms with Gasteiger partial charge < -0.3 is 19.7 Å². The molecule has 1 fully saturated rings. The van der Waals surface area contributed by atoms with Crippen LogP contribution in [0.3, 0.4) is 0 Å². The maximum Gasteiger partial charge on any atom is 0.255 e. The van der Waals surface area contributed by atoms with Gasteiger partial charge >= 0.3 is 0 Å². The molecule has 10 heteroatoms. The molecule has 0 unspecified atom stereocenters. The van der Waals surface area contributed by atoms with Gasteiger partial charge in [-0.25, -0.2) is 8.42 Å². The monoisotopic (exact) mass is 465 g/mol. The lowest BCUT2D eigenvalue weighted by molar-refractivity contribution is 0.102. The Morgan fingerprint density at radius 3 is 2.58 bits per heavy atom. The number of hydrogen-bond donors (Lipinski definition) is 1. The van der Waals surface area contributed by atoms with Crippen LogP contribution in [0.5, 0.6) is 11.5 Å². The third-order valence-corrected chi connectivity index (χ3v) is 7.43. The number of sulfonamides is 1. The van der Waals surface area contributed by atoms with Crippen molar-refractivity contribution >= 4 is 33.2 Å². The molecule has 2 aromatic rings. The fourth-order valence-corrected chi connectivity index (χ4v) is 5.21. The van der Waals surface area contributed by atoms with Crippen LogP contribution in [0, 0.1) is 0 Å². The molecule has 2 aromatic carbocycles. The van der Waals surface area contributed by atoms with E-state index in [9.17, 15) is 13.2 Å². The molecule has 0 bridgehead atoms. The molecule has 2 heterocycles. The normalized spacial score (nSPS) is 17.7. The van der Waals surface area contributed by atoms with Crippen LogP contribution in [-0.2, 0) is 10.0 Å². The molecule has 166 valence electrons. The van der Waals surface area contributed by atoms with Gasteiger partial charge in [-0.05, 0) is 37.4 Å². The second-order valence-electron chi connectivity index (χ2n) is 7.53. The smallest absolute Gasteiger partial charge is 0.255 e. The summed E-state index contributed by atoms with van der Waals surface area (Å²) >= 11 is 6.27. The zero-order valence-electron chi connectivity index (χ0n) is 17.1. The second-order valence-corrected chi connectivity index (χ2v) is 9.87. The van der Waals surface area contributed by atoms with E-state index in [-0.39, 0.29) is 9.92 Å². The molecule has 4 rings (SSSR count). The number of benzene rings is 2. The standard InChI is InChI=1S/C21H24ClN3O5S/c1-24-6-8-25(9-7-24)31(27,28)17-5-2-4-16(14-17)23-21(26)15-12-18(22)20-19(13-15)29-10-3-11-30-20/h2,4-5,12-14H,3,6-11H2,1H3,(H,23,26). The predicted octanol–water partition coefficient (Wildman–Crippen LogP) is 2.69. The van der Waals surface area contributed by atoms with E-state index in [0.29, 0.717) is 62.1 Å². The number of piperazine rings is 1. The van der Waals surface area contributed by atoms with Gasteiger partial charge in [0.05, 0.1) is 23.1 Å². The van der Waals surface area contributed by atoms with Crippen molar-refractivity contribution in [1.82, 2.24) is 9.21 Å². The summed E-state index contributed by atoms with van der Waals surface area (Å²) in [7, 11) is -1.67. The number of nitrogens with zero attached hydrogens (tertiary/aromatic N) is 2. The Bertz CT molecular complexity index is 1080. The van der Waals surface area contributed by atoms with E-state index in [2.05, 4.69) is 10.2 Å². The number of halogens is 1. The minimum absolute atomic E-state index is 0.145. The van der Waals surface area contributed by atoms with Gasteiger partial charge in [-0.1, -0.05) is 17.7 Å². The highest BCUT2D eigenvalue weighted by atomic mass is 35.5. The molecule has 8 nitrogen and oxygen atoms in total. The number of fused-ring (bicyclic) bond motifs is 1. The van der Waals surface area contributed by atoms with Crippen LogP contribution < -0.4 is 14.8 Å². The number of amides is 1. The summed E-state index contributed by atoms with van der Waals surface area (Å²) in [5.41, 5.74) is 0.671. The Morgan fingerprint density at radius 2 is 1.81 bits per heavy atom. The number of likely N-dealkylation sites (N-methyl/N-ethyl adjacent to an activating group) is 1. The molecular formula is C21H24ClN3O5S. The van der Waals surface area contributed by atoms with Crippen LogP contribution >= 0.6 is 11.6 Å². The van der Waals surface area contributed by atoms with Crippen molar-refractivity contribution in [2.24, 2.45) is 0 Å². The lowest BCUT2D eigenvalue weighted by Gasteiger charge is -2.31. The highest BCUT2D eigenvalue weighted by molar-refractivity contribution is 7.89. The summed E-state index contributed by atoms with van der Waals surface area (Å²) in [4.78, 5) is 15.0. The van der Waals surface area contributed by atoms with Crippen molar-refractivity contribution in [2.45, 2.75) is 11.3 Å². The van der Waals surface area contributed by atoms with Gasteiger partial charge in [-0.15, -0.1) is 0 Å². The maximum absolute atomic E-state index is 13.0. The van der Waals surface area contributed by atoms with E-state index >= 15 is 0 Å². The Labute approximate surface area is 186 Å². The minimum atomic E-state index is -3.63. The van der Waals surface area contributed by atoms with Crippen molar-refractivity contribution in [3.8, 4) is 11.5 Å². The first-order valence-corrected chi connectivity index (χ1v) is 11.9. The fraction of sp³-hybridized carbons (Fsp3) is 0.381. The molecule has 0 spiro atoms. The molecule has 2 aliphatic rings. The van der Waals surface area contributed by atoms with Crippen molar-refractivity contribution in [3.63, 3.8) is 0 Å². The van der Waals surface area contributed by atoms with Gasteiger partial charge in [0.25, 0.3) is 5.91 Å². The van der Waals surface area contributed by atoms with Crippen LogP contribution in [-0.4, -0.2) is 70.0 Å². The number of ether oxygens (including phenoxy) is 2. The Morgan fingerprint density at radius 1 is 1.06 bits per heavy atom. The summed E-state index contributed by atoms with van der Waals surface area (Å²) in [5, 5.41) is 3.03. The van der Waals surface area contributed by atoms with Gasteiger partial charge in [0.2, 0.25) is 10.0 Å². The Kier molecular flexibility index (Phi) is 6.38.